The van der Waals surface area contributed by atoms with E-state index in [0.29, 0.717) is 5.82 Å². The molecule has 0 amide bonds. The minimum atomic E-state index is -0.567. The summed E-state index contributed by atoms with van der Waals surface area (Å²) in [5, 5.41) is 0. The van der Waals surface area contributed by atoms with E-state index in [0.717, 1.165) is 26.7 Å². The van der Waals surface area contributed by atoms with E-state index >= 15 is 0 Å². The zero-order valence-electron chi connectivity index (χ0n) is 11.8. The van der Waals surface area contributed by atoms with Crippen LogP contribution in [0.25, 0.3) is 22.6 Å². The van der Waals surface area contributed by atoms with E-state index in [-0.39, 0.29) is 5.69 Å². The van der Waals surface area contributed by atoms with E-state index < -0.39 is 11.2 Å². The van der Waals surface area contributed by atoms with Gasteiger partial charge in [0.1, 0.15) is 0 Å². The molecular weight excluding hydrogens is 256 g/mol. The first-order chi connectivity index (χ1) is 9.40. The third-order valence-electron chi connectivity index (χ3n) is 3.71. The highest BCUT2D eigenvalue weighted by molar-refractivity contribution is 5.80. The molecule has 0 spiro atoms. The third-order valence-corrected chi connectivity index (χ3v) is 3.71. The fraction of sp³-hybridized carbons (Fsp3) is 0.286. The molecule has 0 atom stereocenters. The lowest BCUT2D eigenvalue weighted by atomic mass is 10.1. The Kier molecular flexibility index (Phi) is 2.50. The topological polar surface area (TPSA) is 69.8 Å². The molecule has 0 saturated heterocycles. The standard InChI is InChI=1S/C14H14N4O2/c1-7-5-9-10(6-8(7)2)17(3)12-11(15-9)13(19)18(4)14(20)16-12/h5-6H,1-4H3. The van der Waals surface area contributed by atoms with Gasteiger partial charge in [0.2, 0.25) is 0 Å². The van der Waals surface area contributed by atoms with Crippen LogP contribution in [0.5, 0.6) is 0 Å². The van der Waals surface area contributed by atoms with E-state index in [2.05, 4.69) is 9.97 Å². The van der Waals surface area contributed by atoms with Crippen molar-refractivity contribution in [3.63, 3.8) is 0 Å². The summed E-state index contributed by atoms with van der Waals surface area (Å²) in [5.74, 6) is 0.314. The molecule has 0 N–H and O–H groups in total. The first-order valence-electron chi connectivity index (χ1n) is 6.25. The molecule has 2 aliphatic heterocycles. The highest BCUT2D eigenvalue weighted by Gasteiger charge is 2.18. The number of fused-ring (bicyclic) bond motifs is 2. The molecule has 0 radical (unpaired) electrons. The summed E-state index contributed by atoms with van der Waals surface area (Å²) in [6.45, 7) is 4.01. The maximum atomic E-state index is 12.1. The summed E-state index contributed by atoms with van der Waals surface area (Å²) in [6, 6.07) is 3.93. The lowest BCUT2D eigenvalue weighted by molar-refractivity contribution is 0.748. The Bertz CT molecular complexity index is 937. The van der Waals surface area contributed by atoms with Crippen LogP contribution < -0.4 is 11.2 Å². The van der Waals surface area contributed by atoms with Crippen molar-refractivity contribution in [3.05, 3.63) is 44.1 Å². The second-order valence-corrected chi connectivity index (χ2v) is 5.03. The van der Waals surface area contributed by atoms with E-state index in [1.807, 2.05) is 26.0 Å². The highest BCUT2D eigenvalue weighted by atomic mass is 16.2. The molecule has 6 heteroatoms. The minimum absolute atomic E-state index is 0.213. The van der Waals surface area contributed by atoms with Crippen LogP contribution in [-0.4, -0.2) is 19.1 Å². The first-order valence-corrected chi connectivity index (χ1v) is 6.25. The molecule has 0 aliphatic carbocycles. The van der Waals surface area contributed by atoms with Gasteiger partial charge < -0.3 is 4.57 Å². The number of aromatic nitrogens is 4. The smallest absolute Gasteiger partial charge is 0.325 e. The Balaban J connectivity index is 2.61. The van der Waals surface area contributed by atoms with Gasteiger partial charge in [-0.1, -0.05) is 0 Å². The number of nitrogens with zero attached hydrogens (tertiary/aromatic N) is 4. The van der Waals surface area contributed by atoms with Crippen molar-refractivity contribution in [3.8, 4) is 11.5 Å². The van der Waals surface area contributed by atoms with Gasteiger partial charge in [0, 0.05) is 14.1 Å². The van der Waals surface area contributed by atoms with Gasteiger partial charge in [-0.2, -0.15) is 4.98 Å². The van der Waals surface area contributed by atoms with Gasteiger partial charge in [0.05, 0.1) is 11.0 Å². The second-order valence-electron chi connectivity index (χ2n) is 5.03. The lowest BCUT2D eigenvalue weighted by Gasteiger charge is -2.14. The van der Waals surface area contributed by atoms with Gasteiger partial charge in [0.15, 0.2) is 11.5 Å². The van der Waals surface area contributed by atoms with Crippen LogP contribution in [0.3, 0.4) is 0 Å². The van der Waals surface area contributed by atoms with Crippen molar-refractivity contribution in [2.24, 2.45) is 14.1 Å². The molecule has 0 aromatic heterocycles. The van der Waals surface area contributed by atoms with Gasteiger partial charge in [-0.3, -0.25) is 9.36 Å². The van der Waals surface area contributed by atoms with Crippen LogP contribution in [0, 0.1) is 13.8 Å². The van der Waals surface area contributed by atoms with Gasteiger partial charge >= 0.3 is 5.69 Å². The molecule has 2 aliphatic rings. The molecule has 20 heavy (non-hydrogen) atoms. The molecule has 0 bridgehead atoms. The third kappa shape index (κ3) is 1.57. The van der Waals surface area contributed by atoms with Crippen LogP contribution in [0.4, 0.5) is 0 Å². The van der Waals surface area contributed by atoms with Crippen LogP contribution in [0.15, 0.2) is 21.7 Å². The van der Waals surface area contributed by atoms with Gasteiger partial charge in [-0.25, -0.2) is 9.78 Å². The van der Waals surface area contributed by atoms with Gasteiger partial charge in [-0.15, -0.1) is 0 Å². The quantitative estimate of drug-likeness (QED) is 0.565. The van der Waals surface area contributed by atoms with Crippen molar-refractivity contribution in [1.82, 2.24) is 19.1 Å². The normalized spacial score (nSPS) is 11.4. The fourth-order valence-electron chi connectivity index (χ4n) is 2.27. The van der Waals surface area contributed by atoms with Crippen LogP contribution >= 0.6 is 0 Å². The minimum Gasteiger partial charge on any atom is -0.325 e. The number of hydrogen-bond acceptors (Lipinski definition) is 4. The van der Waals surface area contributed by atoms with Crippen molar-refractivity contribution >= 4 is 11.0 Å². The predicted octanol–water partition coefficient (Wildman–Crippen LogP) is 0.749. The Hall–Kier alpha value is -2.50. The van der Waals surface area contributed by atoms with E-state index in [1.165, 1.54) is 7.05 Å². The Morgan fingerprint density at radius 1 is 0.950 bits per heavy atom. The zero-order valence-corrected chi connectivity index (χ0v) is 11.8. The SMILES string of the molecule is Cc1cc2nc3c(=O)n(C)c(=O)nc-3n(C)c2cc1C. The second kappa shape index (κ2) is 4.00. The van der Waals surface area contributed by atoms with Gasteiger partial charge in [-0.05, 0) is 37.1 Å². The summed E-state index contributed by atoms with van der Waals surface area (Å²) < 4.78 is 2.72. The molecular formula is C14H14N4O2. The number of hydrogen-bond donors (Lipinski definition) is 0. The summed E-state index contributed by atoms with van der Waals surface area (Å²) in [6.07, 6.45) is 0. The maximum Gasteiger partial charge on any atom is 0.352 e. The summed E-state index contributed by atoms with van der Waals surface area (Å²) >= 11 is 0. The van der Waals surface area contributed by atoms with Crippen molar-refractivity contribution in [1.29, 1.82) is 0 Å². The van der Waals surface area contributed by atoms with Crippen molar-refractivity contribution < 1.29 is 0 Å². The summed E-state index contributed by atoms with van der Waals surface area (Å²) in [7, 11) is 3.19. The molecule has 2 heterocycles. The molecule has 6 nitrogen and oxygen atoms in total. The molecule has 0 saturated carbocycles. The summed E-state index contributed by atoms with van der Waals surface area (Å²) in [5.41, 5.74) is 3.03. The maximum absolute atomic E-state index is 12.1. The van der Waals surface area contributed by atoms with E-state index in [1.54, 1.807) is 11.6 Å². The lowest BCUT2D eigenvalue weighted by Crippen LogP contribution is -2.36. The monoisotopic (exact) mass is 270 g/mol. The largest absolute Gasteiger partial charge is 0.352 e. The Morgan fingerprint density at radius 3 is 2.30 bits per heavy atom. The molecule has 1 aromatic carbocycles. The average Bonchev–Trinajstić information content (AvgIpc) is 2.41. The molecule has 102 valence electrons. The molecule has 3 rings (SSSR count). The fourth-order valence-corrected chi connectivity index (χ4v) is 2.27. The average molecular weight is 270 g/mol. The van der Waals surface area contributed by atoms with Crippen LogP contribution in [0.2, 0.25) is 0 Å². The number of rotatable bonds is 0. The van der Waals surface area contributed by atoms with Crippen LogP contribution in [0.1, 0.15) is 11.1 Å². The van der Waals surface area contributed by atoms with Crippen LogP contribution in [-0.2, 0) is 14.1 Å². The van der Waals surface area contributed by atoms with E-state index in [4.69, 9.17) is 0 Å². The first kappa shape index (κ1) is 12.5. The number of aryl methyl sites for hydroxylation is 3. The predicted molar refractivity (Wildman–Crippen MR) is 76.1 cm³/mol. The zero-order chi connectivity index (χ0) is 14.6. The molecule has 0 unspecified atom stereocenters. The molecule has 1 aromatic rings. The van der Waals surface area contributed by atoms with Gasteiger partial charge in [0.25, 0.3) is 5.56 Å². The van der Waals surface area contributed by atoms with E-state index in [9.17, 15) is 9.59 Å². The number of benzene rings is 1. The van der Waals surface area contributed by atoms with Crippen molar-refractivity contribution in [2.75, 3.05) is 0 Å². The molecule has 0 fully saturated rings. The summed E-state index contributed by atoms with van der Waals surface area (Å²) in [4.78, 5) is 32.1. The highest BCUT2D eigenvalue weighted by Crippen LogP contribution is 2.22. The van der Waals surface area contributed by atoms with Crippen molar-refractivity contribution in [2.45, 2.75) is 13.8 Å². The Labute approximate surface area is 114 Å². The Morgan fingerprint density at radius 2 is 1.60 bits per heavy atom.